The largest absolute Gasteiger partial charge is 0.444 e. The number of nitrogens with one attached hydrogen (secondary N) is 2. The maximum Gasteiger partial charge on any atom is 0.291 e. The molecule has 1 aliphatic carbocycles. The smallest absolute Gasteiger partial charge is 0.291 e. The first-order valence-corrected chi connectivity index (χ1v) is 9.15. The maximum atomic E-state index is 12.3. The Bertz CT molecular complexity index is 993. The summed E-state index contributed by atoms with van der Waals surface area (Å²) in [5.74, 6) is 0.925. The van der Waals surface area contributed by atoms with Crippen molar-refractivity contribution in [3.63, 3.8) is 0 Å². The zero-order chi connectivity index (χ0) is 18.8. The monoisotopic (exact) mass is 430 g/mol. The van der Waals surface area contributed by atoms with Crippen LogP contribution < -0.4 is 10.6 Å². The molecule has 0 bridgehead atoms. The van der Waals surface area contributed by atoms with Gasteiger partial charge >= 0.3 is 0 Å². The molecule has 0 aliphatic heterocycles. The maximum absolute atomic E-state index is 12.3. The number of carbonyl (C=O) groups is 2. The van der Waals surface area contributed by atoms with Gasteiger partial charge in [-0.25, -0.2) is 0 Å². The summed E-state index contributed by atoms with van der Waals surface area (Å²) in [5.41, 5.74) is 0.879. The van der Waals surface area contributed by atoms with Crippen molar-refractivity contribution in [1.29, 1.82) is 0 Å². The lowest BCUT2D eigenvalue weighted by molar-refractivity contribution is 0.0944. The van der Waals surface area contributed by atoms with Crippen LogP contribution in [0.25, 0.3) is 0 Å². The fourth-order valence-corrected chi connectivity index (χ4v) is 2.78. The number of furan rings is 1. The fourth-order valence-electron chi connectivity index (χ4n) is 2.47. The van der Waals surface area contributed by atoms with Crippen LogP contribution in [-0.2, 0) is 6.54 Å². The Labute approximate surface area is 162 Å². The van der Waals surface area contributed by atoms with Gasteiger partial charge in [-0.3, -0.25) is 9.59 Å². The molecule has 0 atom stereocenters. The molecule has 1 fully saturated rings. The van der Waals surface area contributed by atoms with E-state index in [4.69, 9.17) is 8.94 Å². The minimum absolute atomic E-state index is 0.148. The molecule has 2 aromatic heterocycles. The van der Waals surface area contributed by atoms with Crippen LogP contribution >= 0.6 is 15.9 Å². The minimum Gasteiger partial charge on any atom is -0.444 e. The van der Waals surface area contributed by atoms with E-state index >= 15 is 0 Å². The Morgan fingerprint density at radius 1 is 1.19 bits per heavy atom. The number of carbonyl (C=O) groups excluding carboxylic acids is 2. The third-order valence-electron chi connectivity index (χ3n) is 4.01. The van der Waals surface area contributed by atoms with Crippen LogP contribution in [0.2, 0.25) is 0 Å². The average molecular weight is 431 g/mol. The molecule has 0 saturated heterocycles. The van der Waals surface area contributed by atoms with Crippen molar-refractivity contribution < 1.29 is 18.5 Å². The third-order valence-corrected chi connectivity index (χ3v) is 4.43. The number of amides is 2. The Kier molecular flexibility index (Phi) is 4.76. The summed E-state index contributed by atoms with van der Waals surface area (Å²) < 4.78 is 10.8. The van der Waals surface area contributed by atoms with Gasteiger partial charge in [0.05, 0.1) is 6.54 Å². The molecule has 2 amide bonds. The van der Waals surface area contributed by atoms with E-state index in [1.54, 1.807) is 36.4 Å². The molecule has 1 aliphatic rings. The van der Waals surface area contributed by atoms with Crippen molar-refractivity contribution in [2.24, 2.45) is 0 Å². The zero-order valence-electron chi connectivity index (χ0n) is 14.1. The highest BCUT2D eigenvalue weighted by molar-refractivity contribution is 9.10. The zero-order valence-corrected chi connectivity index (χ0v) is 15.7. The van der Waals surface area contributed by atoms with Gasteiger partial charge < -0.3 is 19.6 Å². The number of hydrogen-bond acceptors (Lipinski definition) is 6. The van der Waals surface area contributed by atoms with E-state index in [9.17, 15) is 9.59 Å². The molecule has 138 valence electrons. The first kappa shape index (κ1) is 17.5. The predicted molar refractivity (Wildman–Crippen MR) is 98.2 cm³/mol. The SMILES string of the molecule is O=C(NCc1nc(C2CC2)no1)c1cccc(NC(=O)c2ccc(Br)o2)c1. The molecule has 8 nitrogen and oxygen atoms in total. The third kappa shape index (κ3) is 4.25. The highest BCUT2D eigenvalue weighted by Crippen LogP contribution is 2.38. The standard InChI is InChI=1S/C18H15BrN4O4/c19-14-7-6-13(26-14)18(25)21-12-3-1-2-11(8-12)17(24)20-9-15-22-16(23-27-15)10-4-5-10/h1-3,6-8,10H,4-5,9H2,(H,20,24)(H,21,25). The molecule has 9 heteroatoms. The molecule has 1 aromatic carbocycles. The molecule has 1 saturated carbocycles. The molecule has 0 radical (unpaired) electrons. The van der Waals surface area contributed by atoms with Crippen LogP contribution in [0.15, 0.2) is 50.0 Å². The van der Waals surface area contributed by atoms with Gasteiger partial charge in [-0.2, -0.15) is 4.98 Å². The molecule has 2 heterocycles. The summed E-state index contributed by atoms with van der Waals surface area (Å²) in [5, 5.41) is 9.33. The summed E-state index contributed by atoms with van der Waals surface area (Å²) in [6, 6.07) is 9.78. The van der Waals surface area contributed by atoms with Crippen LogP contribution in [0.5, 0.6) is 0 Å². The lowest BCUT2D eigenvalue weighted by atomic mass is 10.2. The molecule has 0 spiro atoms. The average Bonchev–Trinajstić information content (AvgIpc) is 3.24. The van der Waals surface area contributed by atoms with Gasteiger partial charge in [0.25, 0.3) is 11.8 Å². The van der Waals surface area contributed by atoms with Crippen molar-refractivity contribution >= 4 is 33.4 Å². The first-order chi connectivity index (χ1) is 13.1. The number of hydrogen-bond donors (Lipinski definition) is 2. The summed E-state index contributed by atoms with van der Waals surface area (Å²) >= 11 is 3.15. The normalized spacial score (nSPS) is 13.4. The number of nitrogens with zero attached hydrogens (tertiary/aromatic N) is 2. The number of benzene rings is 1. The van der Waals surface area contributed by atoms with E-state index in [0.717, 1.165) is 12.8 Å². The summed E-state index contributed by atoms with van der Waals surface area (Å²) in [7, 11) is 0. The van der Waals surface area contributed by atoms with E-state index in [-0.39, 0.29) is 18.2 Å². The molecule has 27 heavy (non-hydrogen) atoms. The second-order valence-electron chi connectivity index (χ2n) is 6.14. The highest BCUT2D eigenvalue weighted by Gasteiger charge is 2.28. The molecular weight excluding hydrogens is 416 g/mol. The Hall–Kier alpha value is -2.94. The Morgan fingerprint density at radius 2 is 2.04 bits per heavy atom. The van der Waals surface area contributed by atoms with E-state index in [0.29, 0.717) is 33.6 Å². The van der Waals surface area contributed by atoms with E-state index in [1.807, 2.05) is 0 Å². The quantitative estimate of drug-likeness (QED) is 0.619. The molecule has 4 rings (SSSR count). The number of aromatic nitrogens is 2. The molecular formula is C18H15BrN4O4. The van der Waals surface area contributed by atoms with Crippen LogP contribution in [0.4, 0.5) is 5.69 Å². The summed E-state index contributed by atoms with van der Waals surface area (Å²) in [6.45, 7) is 0.148. The van der Waals surface area contributed by atoms with Crippen molar-refractivity contribution in [2.75, 3.05) is 5.32 Å². The fraction of sp³-hybridized carbons (Fsp3) is 0.222. The lowest BCUT2D eigenvalue weighted by Crippen LogP contribution is -2.23. The second kappa shape index (κ2) is 7.36. The number of halogens is 1. The highest BCUT2D eigenvalue weighted by atomic mass is 79.9. The summed E-state index contributed by atoms with van der Waals surface area (Å²) in [6.07, 6.45) is 2.16. The van der Waals surface area contributed by atoms with E-state index in [2.05, 4.69) is 36.7 Å². The van der Waals surface area contributed by atoms with Crippen molar-refractivity contribution in [2.45, 2.75) is 25.3 Å². The van der Waals surface area contributed by atoms with Crippen LogP contribution in [0.3, 0.4) is 0 Å². The van der Waals surface area contributed by atoms with Crippen LogP contribution in [0.1, 0.15) is 51.4 Å². The van der Waals surface area contributed by atoms with Gasteiger partial charge in [0.15, 0.2) is 16.3 Å². The van der Waals surface area contributed by atoms with Gasteiger partial charge in [0, 0.05) is 17.2 Å². The van der Waals surface area contributed by atoms with Crippen LogP contribution in [0, 0.1) is 0 Å². The van der Waals surface area contributed by atoms with Crippen molar-refractivity contribution in [3.05, 3.63) is 64.1 Å². The van der Waals surface area contributed by atoms with Gasteiger partial charge in [-0.05, 0) is 59.1 Å². The number of anilines is 1. The number of rotatable bonds is 6. The molecule has 0 unspecified atom stereocenters. The predicted octanol–water partition coefficient (Wildman–Crippen LogP) is 3.48. The minimum atomic E-state index is -0.406. The van der Waals surface area contributed by atoms with Crippen molar-refractivity contribution in [1.82, 2.24) is 15.5 Å². The Morgan fingerprint density at radius 3 is 2.78 bits per heavy atom. The van der Waals surface area contributed by atoms with Gasteiger partial charge in [-0.15, -0.1) is 0 Å². The lowest BCUT2D eigenvalue weighted by Gasteiger charge is -2.06. The van der Waals surface area contributed by atoms with Gasteiger partial charge in [0.1, 0.15) is 0 Å². The topological polar surface area (TPSA) is 110 Å². The Balaban J connectivity index is 1.37. The van der Waals surface area contributed by atoms with E-state index in [1.165, 1.54) is 0 Å². The van der Waals surface area contributed by atoms with E-state index < -0.39 is 5.91 Å². The van der Waals surface area contributed by atoms with Gasteiger partial charge in [0.2, 0.25) is 5.89 Å². The molecule has 3 aromatic rings. The second-order valence-corrected chi connectivity index (χ2v) is 6.92. The van der Waals surface area contributed by atoms with Crippen molar-refractivity contribution in [3.8, 4) is 0 Å². The molecule has 2 N–H and O–H groups in total. The van der Waals surface area contributed by atoms with Gasteiger partial charge in [-0.1, -0.05) is 11.2 Å². The van der Waals surface area contributed by atoms with Crippen LogP contribution in [-0.4, -0.2) is 22.0 Å². The summed E-state index contributed by atoms with van der Waals surface area (Å²) in [4.78, 5) is 28.7. The first-order valence-electron chi connectivity index (χ1n) is 8.36.